The van der Waals surface area contributed by atoms with Crippen molar-refractivity contribution in [1.29, 1.82) is 0 Å². The number of benzene rings is 2. The Balaban J connectivity index is 1.77. The number of rotatable bonds is 7. The van der Waals surface area contributed by atoms with Crippen LogP contribution in [0, 0.1) is 0 Å². The summed E-state index contributed by atoms with van der Waals surface area (Å²) in [6.07, 6.45) is 0. The van der Waals surface area contributed by atoms with Crippen LogP contribution in [0.15, 0.2) is 54.6 Å². The van der Waals surface area contributed by atoms with Gasteiger partial charge in [0.25, 0.3) is 0 Å². The molecule has 22 heavy (non-hydrogen) atoms. The molecule has 2 aromatic carbocycles. The second-order valence-corrected chi connectivity index (χ2v) is 4.59. The quantitative estimate of drug-likeness (QED) is 0.624. The normalized spacial score (nSPS) is 10.0. The first kappa shape index (κ1) is 15.7. The predicted molar refractivity (Wildman–Crippen MR) is 81.6 cm³/mol. The van der Waals surface area contributed by atoms with Gasteiger partial charge in [0.15, 0.2) is 12.4 Å². The van der Waals surface area contributed by atoms with E-state index in [1.807, 2.05) is 30.3 Å². The van der Waals surface area contributed by atoms with E-state index in [-0.39, 0.29) is 25.5 Å². The van der Waals surface area contributed by atoms with Gasteiger partial charge in [-0.2, -0.15) is 0 Å². The summed E-state index contributed by atoms with van der Waals surface area (Å²) in [5.41, 5.74) is 6.71. The van der Waals surface area contributed by atoms with Crippen molar-refractivity contribution >= 4 is 11.8 Å². The van der Waals surface area contributed by atoms with E-state index in [2.05, 4.69) is 0 Å². The standard InChI is InChI=1S/C17H17NO4/c18-10-16(19)14-6-8-15(9-7-14)21-12-17(20)22-11-13-4-2-1-3-5-13/h1-9H,10-12,18H2. The Morgan fingerprint density at radius 1 is 0.955 bits per heavy atom. The summed E-state index contributed by atoms with van der Waals surface area (Å²) in [4.78, 5) is 23.0. The summed E-state index contributed by atoms with van der Waals surface area (Å²) in [7, 11) is 0. The third-order valence-electron chi connectivity index (χ3n) is 2.96. The van der Waals surface area contributed by atoms with Crippen LogP contribution in [0.2, 0.25) is 0 Å². The number of Topliss-reactive ketones (excluding diaryl/α,β-unsaturated/α-hetero) is 1. The van der Waals surface area contributed by atoms with E-state index in [0.29, 0.717) is 11.3 Å². The minimum Gasteiger partial charge on any atom is -0.482 e. The van der Waals surface area contributed by atoms with Gasteiger partial charge < -0.3 is 15.2 Å². The largest absolute Gasteiger partial charge is 0.482 e. The number of carbonyl (C=O) groups excluding carboxylic acids is 2. The molecule has 0 amide bonds. The highest BCUT2D eigenvalue weighted by Gasteiger charge is 2.06. The lowest BCUT2D eigenvalue weighted by Crippen LogP contribution is -2.15. The van der Waals surface area contributed by atoms with Crippen LogP contribution in [0.4, 0.5) is 0 Å². The van der Waals surface area contributed by atoms with Crippen LogP contribution >= 0.6 is 0 Å². The van der Waals surface area contributed by atoms with Gasteiger partial charge in [0, 0.05) is 5.56 Å². The molecule has 0 saturated carbocycles. The van der Waals surface area contributed by atoms with Crippen molar-refractivity contribution < 1.29 is 19.1 Å². The molecule has 2 N–H and O–H groups in total. The average Bonchev–Trinajstić information content (AvgIpc) is 2.58. The van der Waals surface area contributed by atoms with Crippen LogP contribution in [-0.4, -0.2) is 24.9 Å². The molecule has 0 atom stereocenters. The van der Waals surface area contributed by atoms with Gasteiger partial charge in [0.1, 0.15) is 12.4 Å². The Kier molecular flexibility index (Phi) is 5.68. The molecule has 0 unspecified atom stereocenters. The van der Waals surface area contributed by atoms with E-state index in [0.717, 1.165) is 5.56 Å². The molecular formula is C17H17NO4. The van der Waals surface area contributed by atoms with E-state index in [9.17, 15) is 9.59 Å². The summed E-state index contributed by atoms with van der Waals surface area (Å²) in [5, 5.41) is 0. The topological polar surface area (TPSA) is 78.6 Å². The van der Waals surface area contributed by atoms with Crippen molar-refractivity contribution in [3.63, 3.8) is 0 Å². The maximum absolute atomic E-state index is 11.6. The molecule has 0 aliphatic rings. The molecule has 5 nitrogen and oxygen atoms in total. The lowest BCUT2D eigenvalue weighted by molar-refractivity contribution is -0.147. The Morgan fingerprint density at radius 2 is 1.64 bits per heavy atom. The van der Waals surface area contributed by atoms with Gasteiger partial charge in [-0.1, -0.05) is 30.3 Å². The number of ketones is 1. The average molecular weight is 299 g/mol. The van der Waals surface area contributed by atoms with Crippen LogP contribution in [-0.2, 0) is 16.1 Å². The first-order chi connectivity index (χ1) is 10.7. The van der Waals surface area contributed by atoms with Crippen molar-refractivity contribution in [3.8, 4) is 5.75 Å². The molecule has 0 aliphatic heterocycles. The number of nitrogens with two attached hydrogens (primary N) is 1. The second-order valence-electron chi connectivity index (χ2n) is 4.59. The summed E-state index contributed by atoms with van der Waals surface area (Å²) >= 11 is 0. The molecule has 0 aromatic heterocycles. The third kappa shape index (κ3) is 4.71. The number of ether oxygens (including phenoxy) is 2. The van der Waals surface area contributed by atoms with Crippen molar-refractivity contribution in [2.45, 2.75) is 6.61 Å². The SMILES string of the molecule is NCC(=O)c1ccc(OCC(=O)OCc2ccccc2)cc1. The summed E-state index contributed by atoms with van der Waals surface area (Å²) in [6.45, 7) is -0.00396. The van der Waals surface area contributed by atoms with Crippen LogP contribution in [0.5, 0.6) is 5.75 Å². The Morgan fingerprint density at radius 3 is 2.27 bits per heavy atom. The zero-order chi connectivity index (χ0) is 15.8. The van der Waals surface area contributed by atoms with Gasteiger partial charge in [-0.3, -0.25) is 4.79 Å². The Hall–Kier alpha value is -2.66. The van der Waals surface area contributed by atoms with Crippen molar-refractivity contribution in [1.82, 2.24) is 0 Å². The molecule has 0 fully saturated rings. The monoisotopic (exact) mass is 299 g/mol. The van der Waals surface area contributed by atoms with E-state index < -0.39 is 5.97 Å². The van der Waals surface area contributed by atoms with E-state index in [4.69, 9.17) is 15.2 Å². The molecule has 0 spiro atoms. The van der Waals surface area contributed by atoms with Crippen molar-refractivity contribution in [3.05, 3.63) is 65.7 Å². The van der Waals surface area contributed by atoms with Crippen molar-refractivity contribution in [2.24, 2.45) is 5.73 Å². The number of hydrogen-bond donors (Lipinski definition) is 1. The van der Waals surface area contributed by atoms with Gasteiger partial charge in [-0.15, -0.1) is 0 Å². The van der Waals surface area contributed by atoms with Gasteiger partial charge in [-0.05, 0) is 29.8 Å². The fourth-order valence-electron chi connectivity index (χ4n) is 1.78. The van der Waals surface area contributed by atoms with Gasteiger partial charge in [-0.25, -0.2) is 4.79 Å². The molecule has 0 bridgehead atoms. The van der Waals surface area contributed by atoms with Gasteiger partial charge >= 0.3 is 5.97 Å². The van der Waals surface area contributed by atoms with Crippen LogP contribution < -0.4 is 10.5 Å². The van der Waals surface area contributed by atoms with Gasteiger partial charge in [0.05, 0.1) is 6.54 Å². The minimum absolute atomic E-state index is 0.0357. The zero-order valence-corrected chi connectivity index (χ0v) is 12.0. The molecular weight excluding hydrogens is 282 g/mol. The Bertz CT molecular complexity index is 623. The molecule has 114 valence electrons. The van der Waals surface area contributed by atoms with E-state index in [1.165, 1.54) is 0 Å². The molecule has 2 rings (SSSR count). The Labute approximate surface area is 128 Å². The highest BCUT2D eigenvalue weighted by Crippen LogP contribution is 2.12. The number of esters is 1. The number of hydrogen-bond acceptors (Lipinski definition) is 5. The molecule has 5 heteroatoms. The maximum atomic E-state index is 11.6. The van der Waals surface area contributed by atoms with Crippen LogP contribution in [0.25, 0.3) is 0 Å². The molecule has 0 heterocycles. The first-order valence-corrected chi connectivity index (χ1v) is 6.84. The van der Waals surface area contributed by atoms with Crippen molar-refractivity contribution in [2.75, 3.05) is 13.2 Å². The summed E-state index contributed by atoms with van der Waals surface area (Å²) < 4.78 is 10.4. The second kappa shape index (κ2) is 7.95. The summed E-state index contributed by atoms with van der Waals surface area (Å²) in [5.74, 6) is -0.106. The molecule has 2 aromatic rings. The first-order valence-electron chi connectivity index (χ1n) is 6.84. The fourth-order valence-corrected chi connectivity index (χ4v) is 1.78. The zero-order valence-electron chi connectivity index (χ0n) is 12.0. The minimum atomic E-state index is -0.453. The van der Waals surface area contributed by atoms with Crippen LogP contribution in [0.3, 0.4) is 0 Å². The fraction of sp³-hybridized carbons (Fsp3) is 0.176. The molecule has 0 radical (unpaired) electrons. The van der Waals surface area contributed by atoms with E-state index >= 15 is 0 Å². The number of carbonyl (C=O) groups is 2. The lowest BCUT2D eigenvalue weighted by atomic mass is 10.1. The predicted octanol–water partition coefficient (Wildman–Crippen LogP) is 1.95. The lowest BCUT2D eigenvalue weighted by Gasteiger charge is -2.07. The van der Waals surface area contributed by atoms with E-state index in [1.54, 1.807) is 24.3 Å². The van der Waals surface area contributed by atoms with Gasteiger partial charge in [0.2, 0.25) is 0 Å². The summed E-state index contributed by atoms with van der Waals surface area (Å²) in [6, 6.07) is 15.9. The third-order valence-corrected chi connectivity index (χ3v) is 2.96. The molecule has 0 saturated heterocycles. The highest BCUT2D eigenvalue weighted by atomic mass is 16.6. The van der Waals surface area contributed by atoms with Crippen LogP contribution in [0.1, 0.15) is 15.9 Å². The molecule has 0 aliphatic carbocycles. The maximum Gasteiger partial charge on any atom is 0.344 e. The highest BCUT2D eigenvalue weighted by molar-refractivity contribution is 5.97. The smallest absolute Gasteiger partial charge is 0.344 e.